The van der Waals surface area contributed by atoms with E-state index in [1.807, 2.05) is 45.9 Å². The molecule has 40 heavy (non-hydrogen) atoms. The molecule has 2 aromatic heterocycles. The number of rotatable bonds is 7. The molecule has 1 aliphatic rings. The summed E-state index contributed by atoms with van der Waals surface area (Å²) in [7, 11) is 0. The van der Waals surface area contributed by atoms with E-state index in [-0.39, 0.29) is 23.5 Å². The first kappa shape index (κ1) is 27.4. The Hall–Kier alpha value is -4.21. The number of hydrogen-bond acceptors (Lipinski definition) is 4. The number of carbonyl (C=O) groups excluding carboxylic acids is 1. The van der Waals surface area contributed by atoms with Crippen LogP contribution in [0.5, 0.6) is 0 Å². The molecule has 1 fully saturated rings. The summed E-state index contributed by atoms with van der Waals surface area (Å²) in [4.78, 5) is 18.0. The molecule has 0 saturated carbocycles. The van der Waals surface area contributed by atoms with Gasteiger partial charge in [-0.1, -0.05) is 60.7 Å². The van der Waals surface area contributed by atoms with Gasteiger partial charge < -0.3 is 14.6 Å². The zero-order valence-corrected chi connectivity index (χ0v) is 23.6. The van der Waals surface area contributed by atoms with Crippen LogP contribution in [-0.2, 0) is 16.1 Å². The summed E-state index contributed by atoms with van der Waals surface area (Å²) < 4.78 is 7.91. The zero-order chi connectivity index (χ0) is 28.3. The molecular weight excluding hydrogens is 496 g/mol. The number of ether oxygens (including phenoxy) is 1. The van der Waals surface area contributed by atoms with E-state index in [4.69, 9.17) is 9.72 Å². The van der Waals surface area contributed by atoms with Gasteiger partial charge >= 0.3 is 0 Å². The van der Waals surface area contributed by atoms with E-state index in [0.29, 0.717) is 24.4 Å². The Balaban J connectivity index is 1.58. The highest BCUT2D eigenvalue weighted by atomic mass is 16.5. The highest BCUT2D eigenvalue weighted by Crippen LogP contribution is 2.34. The topological polar surface area (TPSA) is 79.9 Å². The first-order chi connectivity index (χ1) is 19.3. The number of carbonyl (C=O) groups is 1. The van der Waals surface area contributed by atoms with E-state index >= 15 is 0 Å². The van der Waals surface area contributed by atoms with Crippen LogP contribution in [0.25, 0.3) is 17.1 Å². The van der Waals surface area contributed by atoms with Gasteiger partial charge in [0.25, 0.3) is 0 Å². The van der Waals surface area contributed by atoms with Crippen molar-refractivity contribution in [1.29, 1.82) is 5.26 Å². The van der Waals surface area contributed by atoms with Gasteiger partial charge in [-0.05, 0) is 69.4 Å². The number of hydrogen-bond donors (Lipinski definition) is 1. The monoisotopic (exact) mass is 532 g/mol. The predicted octanol–water partition coefficient (Wildman–Crippen LogP) is 6.44. The number of benzene rings is 2. The molecule has 0 bridgehead atoms. The second-order valence-corrected chi connectivity index (χ2v) is 11.3. The number of aromatic nitrogens is 2. The van der Waals surface area contributed by atoms with Crippen LogP contribution < -0.4 is 5.32 Å². The maximum atomic E-state index is 13.1. The van der Waals surface area contributed by atoms with Gasteiger partial charge in [-0.25, -0.2) is 4.98 Å². The molecule has 6 heteroatoms. The van der Waals surface area contributed by atoms with Crippen LogP contribution in [0.2, 0.25) is 0 Å². The first-order valence-electron chi connectivity index (χ1n) is 13.9. The van der Waals surface area contributed by atoms with Crippen molar-refractivity contribution in [2.75, 3.05) is 6.61 Å². The third-order valence-electron chi connectivity index (χ3n) is 7.70. The van der Waals surface area contributed by atoms with Gasteiger partial charge in [-0.15, -0.1) is 0 Å². The van der Waals surface area contributed by atoms with E-state index in [1.54, 1.807) is 12.2 Å². The maximum absolute atomic E-state index is 13.1. The third-order valence-corrected chi connectivity index (χ3v) is 7.70. The summed E-state index contributed by atoms with van der Waals surface area (Å²) in [5.41, 5.74) is 5.97. The summed E-state index contributed by atoms with van der Waals surface area (Å²) in [6, 6.07) is 25.3. The molecule has 1 saturated heterocycles. The van der Waals surface area contributed by atoms with Crippen LogP contribution in [0.1, 0.15) is 66.2 Å². The van der Waals surface area contributed by atoms with Gasteiger partial charge in [0, 0.05) is 42.3 Å². The predicted molar refractivity (Wildman–Crippen MR) is 159 cm³/mol. The van der Waals surface area contributed by atoms with Gasteiger partial charge in [0.1, 0.15) is 11.7 Å². The quantitative estimate of drug-likeness (QED) is 0.278. The minimum absolute atomic E-state index is 0.0256. The lowest BCUT2D eigenvalue weighted by atomic mass is 9.91. The lowest BCUT2D eigenvalue weighted by Crippen LogP contribution is -2.45. The minimum atomic E-state index is -0.259. The van der Waals surface area contributed by atoms with Gasteiger partial charge in [-0.3, -0.25) is 4.79 Å². The first-order valence-corrected chi connectivity index (χ1v) is 13.9. The molecule has 3 heterocycles. The van der Waals surface area contributed by atoms with Crippen molar-refractivity contribution >= 4 is 23.0 Å². The Bertz CT molecular complexity index is 1540. The zero-order valence-electron chi connectivity index (χ0n) is 23.6. The number of nitrogens with zero attached hydrogens (tertiary/aromatic N) is 3. The SMILES string of the molecule is Cc1cc(C)c2c(C#N)c(/C=C/C(=O)NC3CCOC(C)(C)C3)n(CC(c3ccccc3)c3ccccc3)c2n1. The summed E-state index contributed by atoms with van der Waals surface area (Å²) in [5, 5.41) is 14.3. The molecule has 0 radical (unpaired) electrons. The third kappa shape index (κ3) is 5.85. The second-order valence-electron chi connectivity index (χ2n) is 11.3. The highest BCUT2D eigenvalue weighted by Gasteiger charge is 2.29. The number of nitriles is 1. The number of aryl methyl sites for hydroxylation is 2. The number of nitrogens with one attached hydrogen (secondary N) is 1. The Kier molecular flexibility index (Phi) is 7.86. The van der Waals surface area contributed by atoms with Crippen LogP contribution in [0, 0.1) is 25.2 Å². The van der Waals surface area contributed by atoms with Gasteiger partial charge in [0.15, 0.2) is 0 Å². The highest BCUT2D eigenvalue weighted by molar-refractivity contribution is 5.96. The van der Waals surface area contributed by atoms with Crippen molar-refractivity contribution in [1.82, 2.24) is 14.9 Å². The molecule has 4 aromatic rings. The van der Waals surface area contributed by atoms with E-state index in [0.717, 1.165) is 35.1 Å². The van der Waals surface area contributed by atoms with Gasteiger partial charge in [-0.2, -0.15) is 5.26 Å². The van der Waals surface area contributed by atoms with Crippen molar-refractivity contribution in [2.45, 2.75) is 64.6 Å². The lowest BCUT2D eigenvalue weighted by Gasteiger charge is -2.35. The largest absolute Gasteiger partial charge is 0.375 e. The maximum Gasteiger partial charge on any atom is 0.244 e. The minimum Gasteiger partial charge on any atom is -0.375 e. The Morgan fingerprint density at radius 1 is 1.15 bits per heavy atom. The van der Waals surface area contributed by atoms with E-state index in [1.165, 1.54) is 11.1 Å². The Labute approximate surface area is 236 Å². The average Bonchev–Trinajstić information content (AvgIpc) is 3.23. The van der Waals surface area contributed by atoms with Crippen molar-refractivity contribution in [3.63, 3.8) is 0 Å². The molecule has 1 atom stereocenters. The second kappa shape index (κ2) is 11.5. The molecule has 1 amide bonds. The van der Waals surface area contributed by atoms with Gasteiger partial charge in [0.2, 0.25) is 5.91 Å². The molecule has 1 N–H and O–H groups in total. The lowest BCUT2D eigenvalue weighted by molar-refractivity contribution is -0.119. The molecule has 0 aliphatic carbocycles. The van der Waals surface area contributed by atoms with Crippen LogP contribution >= 0.6 is 0 Å². The van der Waals surface area contributed by atoms with Crippen LogP contribution in [0.15, 0.2) is 72.8 Å². The fraction of sp³-hybridized carbons (Fsp3) is 0.324. The molecule has 0 spiro atoms. The van der Waals surface area contributed by atoms with Crippen LogP contribution in [0.4, 0.5) is 0 Å². The van der Waals surface area contributed by atoms with Gasteiger partial charge in [0.05, 0.1) is 16.9 Å². The van der Waals surface area contributed by atoms with E-state index in [9.17, 15) is 10.1 Å². The number of pyridine rings is 1. The fourth-order valence-electron chi connectivity index (χ4n) is 5.89. The smallest absolute Gasteiger partial charge is 0.244 e. The van der Waals surface area contributed by atoms with Crippen LogP contribution in [0.3, 0.4) is 0 Å². The van der Waals surface area contributed by atoms with Crippen molar-refractivity contribution in [2.24, 2.45) is 0 Å². The van der Waals surface area contributed by atoms with Crippen molar-refractivity contribution in [3.8, 4) is 6.07 Å². The van der Waals surface area contributed by atoms with Crippen molar-refractivity contribution in [3.05, 3.63) is 106 Å². The Morgan fingerprint density at radius 3 is 2.40 bits per heavy atom. The van der Waals surface area contributed by atoms with E-state index in [2.05, 4.69) is 64.5 Å². The molecule has 1 unspecified atom stereocenters. The fourth-order valence-corrected chi connectivity index (χ4v) is 5.89. The normalized spacial score (nSPS) is 16.9. The van der Waals surface area contributed by atoms with E-state index < -0.39 is 0 Å². The molecule has 1 aliphatic heterocycles. The molecule has 6 nitrogen and oxygen atoms in total. The summed E-state index contributed by atoms with van der Waals surface area (Å²) in [6.45, 7) is 9.27. The molecule has 204 valence electrons. The number of fused-ring (bicyclic) bond motifs is 1. The average molecular weight is 533 g/mol. The van der Waals surface area contributed by atoms with Crippen LogP contribution in [-0.4, -0.2) is 33.7 Å². The summed E-state index contributed by atoms with van der Waals surface area (Å²) in [6.07, 6.45) is 4.87. The number of amides is 1. The van der Waals surface area contributed by atoms with Crippen molar-refractivity contribution < 1.29 is 9.53 Å². The summed E-state index contributed by atoms with van der Waals surface area (Å²) >= 11 is 0. The standard InChI is InChI=1S/C34H36N4O2/c1-23-19-24(2)36-33-32(23)28(21-35)30(15-16-31(39)37-27-17-18-40-34(3,4)20-27)38(33)22-29(25-11-7-5-8-12-25)26-13-9-6-10-14-26/h5-16,19,27,29H,17-18,20,22H2,1-4H3,(H,37,39)/b16-15+. The molecule has 5 rings (SSSR count). The summed E-state index contributed by atoms with van der Waals surface area (Å²) in [5.74, 6) is -0.149. The Morgan fingerprint density at radius 2 is 1.80 bits per heavy atom. The molecule has 2 aromatic carbocycles. The molecular formula is C34H36N4O2.